The van der Waals surface area contributed by atoms with Crippen LogP contribution in [0.2, 0.25) is 0 Å². The van der Waals surface area contributed by atoms with Gasteiger partial charge in [0.15, 0.2) is 0 Å². The molecule has 0 unspecified atom stereocenters. The Morgan fingerprint density at radius 2 is 2.00 bits per heavy atom. The molecule has 0 spiro atoms. The highest BCUT2D eigenvalue weighted by molar-refractivity contribution is 8.14. The molecule has 0 atom stereocenters. The number of hydrogen-bond donors (Lipinski definition) is 0. The molecule has 0 aliphatic rings. The fraction of sp³-hybridized carbons (Fsp3) is 0.389. The second kappa shape index (κ2) is 11.2. The Kier molecular flexibility index (Phi) is 9.64. The van der Waals surface area contributed by atoms with Gasteiger partial charge < -0.3 is 9.64 Å². The summed E-state index contributed by atoms with van der Waals surface area (Å²) in [7, 11) is 1.65. The number of ether oxygens (including phenoxy) is 1. The second-order valence-corrected chi connectivity index (χ2v) is 6.89. The quantitative estimate of drug-likeness (QED) is 0.439. The van der Waals surface area contributed by atoms with Crippen LogP contribution in [0.25, 0.3) is 0 Å². The van der Waals surface area contributed by atoms with E-state index in [0.29, 0.717) is 0 Å². The molecule has 1 aromatic carbocycles. The van der Waals surface area contributed by atoms with Gasteiger partial charge in [-0.1, -0.05) is 31.3 Å². The Morgan fingerprint density at radius 1 is 1.30 bits per heavy atom. The average Bonchev–Trinajstić information content (AvgIpc) is 2.58. The predicted molar refractivity (Wildman–Crippen MR) is 105 cm³/mol. The number of carbonyl (C=O) groups is 1. The van der Waals surface area contributed by atoms with Crippen LogP contribution in [0.4, 0.5) is 5.69 Å². The molecular weight excluding hydrogens is 326 g/mol. The number of hydrogen-bond acceptors (Lipinski definition) is 5. The van der Waals surface area contributed by atoms with Gasteiger partial charge >= 0.3 is 0 Å². The molecule has 126 valence electrons. The van der Waals surface area contributed by atoms with Crippen LogP contribution in [0, 0.1) is 0 Å². The van der Waals surface area contributed by atoms with Crippen LogP contribution in [0.5, 0.6) is 5.75 Å². The van der Waals surface area contributed by atoms with Crippen LogP contribution in [0.15, 0.2) is 48.0 Å². The van der Waals surface area contributed by atoms with Gasteiger partial charge in [-0.3, -0.25) is 4.79 Å². The first kappa shape index (κ1) is 19.7. The third kappa shape index (κ3) is 6.36. The van der Waals surface area contributed by atoms with Crippen LogP contribution in [-0.4, -0.2) is 30.3 Å². The summed E-state index contributed by atoms with van der Waals surface area (Å²) in [5.41, 5.74) is 1.76. The largest absolute Gasteiger partial charge is 0.497 e. The Balaban J connectivity index is 3.02. The van der Waals surface area contributed by atoms with Crippen molar-refractivity contribution in [1.82, 2.24) is 0 Å². The fourth-order valence-corrected chi connectivity index (χ4v) is 3.13. The monoisotopic (exact) mass is 351 g/mol. The molecule has 1 aromatic rings. The highest BCUT2D eigenvalue weighted by Crippen LogP contribution is 2.25. The number of benzene rings is 1. The number of thioether (sulfide) groups is 2. The number of allylic oxidation sites excluding steroid dienone is 1. The van der Waals surface area contributed by atoms with E-state index in [-0.39, 0.29) is 5.12 Å². The molecule has 0 bridgehead atoms. The summed E-state index contributed by atoms with van der Waals surface area (Å²) in [4.78, 5) is 14.6. The van der Waals surface area contributed by atoms with Crippen LogP contribution >= 0.6 is 23.5 Å². The predicted octanol–water partition coefficient (Wildman–Crippen LogP) is 4.95. The van der Waals surface area contributed by atoms with E-state index in [9.17, 15) is 4.79 Å². The van der Waals surface area contributed by atoms with E-state index in [4.69, 9.17) is 4.74 Å². The second-order valence-electron chi connectivity index (χ2n) is 4.58. The molecule has 0 heterocycles. The minimum absolute atomic E-state index is 0.119. The molecule has 3 nitrogen and oxygen atoms in total. The number of carbonyl (C=O) groups excluding carboxylic acids is 1. The highest BCUT2D eigenvalue weighted by Gasteiger charge is 2.17. The summed E-state index contributed by atoms with van der Waals surface area (Å²) >= 11 is 3.01. The van der Waals surface area contributed by atoms with Crippen LogP contribution in [0.1, 0.15) is 20.3 Å². The lowest BCUT2D eigenvalue weighted by Gasteiger charge is -2.25. The first-order valence-corrected chi connectivity index (χ1v) is 9.72. The molecular formula is C18H25NO2S2. The summed E-state index contributed by atoms with van der Waals surface area (Å²) in [6.45, 7) is 8.50. The topological polar surface area (TPSA) is 29.5 Å². The van der Waals surface area contributed by atoms with Gasteiger partial charge in [-0.25, -0.2) is 0 Å². The molecule has 0 saturated carbocycles. The zero-order valence-electron chi connectivity index (χ0n) is 14.1. The molecule has 0 aliphatic carbocycles. The third-order valence-electron chi connectivity index (χ3n) is 3.17. The van der Waals surface area contributed by atoms with Crippen molar-refractivity contribution < 1.29 is 9.53 Å². The van der Waals surface area contributed by atoms with Crippen LogP contribution in [0.3, 0.4) is 0 Å². The summed E-state index contributed by atoms with van der Waals surface area (Å²) < 4.78 is 5.20. The third-order valence-corrected chi connectivity index (χ3v) is 4.63. The molecule has 0 fully saturated rings. The number of likely N-dealkylation sites (N-methyl/N-ethyl adjacent to an activating group) is 1. The lowest BCUT2D eigenvalue weighted by Crippen LogP contribution is -2.26. The summed E-state index contributed by atoms with van der Waals surface area (Å²) in [5, 5.41) is 1.95. The summed E-state index contributed by atoms with van der Waals surface area (Å²) in [5.74, 6) is 2.52. The van der Waals surface area contributed by atoms with Crippen molar-refractivity contribution in [2.45, 2.75) is 20.3 Å². The molecule has 0 N–H and O–H groups in total. The maximum absolute atomic E-state index is 12.5. The average molecular weight is 352 g/mol. The van der Waals surface area contributed by atoms with Gasteiger partial charge in [-0.2, -0.15) is 0 Å². The molecule has 0 aromatic heterocycles. The summed E-state index contributed by atoms with van der Waals surface area (Å²) in [6.07, 6.45) is 2.88. The lowest BCUT2D eigenvalue weighted by atomic mass is 10.2. The first-order chi connectivity index (χ1) is 11.2. The Hall–Kier alpha value is -1.33. The maximum atomic E-state index is 12.5. The maximum Gasteiger partial charge on any atom is 0.235 e. The number of methoxy groups -OCH3 is 1. The minimum Gasteiger partial charge on any atom is -0.497 e. The Labute approximate surface area is 148 Å². The van der Waals surface area contributed by atoms with Crippen molar-refractivity contribution in [3.63, 3.8) is 0 Å². The number of rotatable bonds is 10. The van der Waals surface area contributed by atoms with E-state index < -0.39 is 0 Å². The van der Waals surface area contributed by atoms with Crippen LogP contribution < -0.4 is 9.64 Å². The zero-order chi connectivity index (χ0) is 17.1. The van der Waals surface area contributed by atoms with E-state index in [2.05, 4.69) is 18.4 Å². The fourth-order valence-electron chi connectivity index (χ4n) is 2.11. The van der Waals surface area contributed by atoms with Crippen molar-refractivity contribution in [3.05, 3.63) is 48.0 Å². The molecule has 0 saturated heterocycles. The van der Waals surface area contributed by atoms with Crippen molar-refractivity contribution in [2.24, 2.45) is 0 Å². The van der Waals surface area contributed by atoms with E-state index in [1.54, 1.807) is 18.9 Å². The molecule has 23 heavy (non-hydrogen) atoms. The van der Waals surface area contributed by atoms with Gasteiger partial charge in [0.2, 0.25) is 5.12 Å². The van der Waals surface area contributed by atoms with Crippen molar-refractivity contribution in [3.8, 4) is 5.75 Å². The highest BCUT2D eigenvalue weighted by atomic mass is 32.2. The van der Waals surface area contributed by atoms with Crippen molar-refractivity contribution in [2.75, 3.05) is 30.1 Å². The van der Waals surface area contributed by atoms with Gasteiger partial charge in [0, 0.05) is 18.0 Å². The van der Waals surface area contributed by atoms with E-state index in [1.165, 1.54) is 11.8 Å². The minimum atomic E-state index is 0.119. The molecule has 0 amide bonds. The normalized spacial score (nSPS) is 11.2. The van der Waals surface area contributed by atoms with Gasteiger partial charge in [0.25, 0.3) is 0 Å². The standard InChI is InChI=1S/C18H25NO2S2/c1-5-19(15-10-12-16(21-4)13-11-15)17(18(20)23-7-3)9-8-14-22-6-2/h6,9-13H,2,5,7-8,14H2,1,3-4H3/b17-9+. The van der Waals surface area contributed by atoms with E-state index in [1.807, 2.05) is 42.7 Å². The van der Waals surface area contributed by atoms with Crippen molar-refractivity contribution in [1.29, 1.82) is 0 Å². The van der Waals surface area contributed by atoms with Gasteiger partial charge in [0.1, 0.15) is 5.75 Å². The summed E-state index contributed by atoms with van der Waals surface area (Å²) in [6, 6.07) is 7.80. The molecule has 5 heteroatoms. The van der Waals surface area contributed by atoms with Gasteiger partial charge in [-0.05, 0) is 48.8 Å². The first-order valence-electron chi connectivity index (χ1n) is 7.69. The Bertz CT molecular complexity index is 526. The number of nitrogens with zero attached hydrogens (tertiary/aromatic N) is 1. The van der Waals surface area contributed by atoms with Crippen LogP contribution in [-0.2, 0) is 4.79 Å². The SMILES string of the molecule is C=CSCC/C=C(\C(=O)SCC)N(CC)c1ccc(OC)cc1. The van der Waals surface area contributed by atoms with E-state index >= 15 is 0 Å². The smallest absolute Gasteiger partial charge is 0.235 e. The van der Waals surface area contributed by atoms with Crippen molar-refractivity contribution >= 4 is 34.3 Å². The lowest BCUT2D eigenvalue weighted by molar-refractivity contribution is -0.108. The molecule has 0 radical (unpaired) electrons. The molecule has 1 rings (SSSR count). The van der Waals surface area contributed by atoms with Gasteiger partial charge in [0.05, 0.1) is 12.8 Å². The zero-order valence-corrected chi connectivity index (χ0v) is 15.7. The van der Waals surface area contributed by atoms with E-state index in [0.717, 1.165) is 41.6 Å². The number of anilines is 1. The van der Waals surface area contributed by atoms with Gasteiger partial charge in [-0.15, -0.1) is 11.8 Å². The molecule has 0 aliphatic heterocycles. The Morgan fingerprint density at radius 3 is 2.52 bits per heavy atom.